The van der Waals surface area contributed by atoms with Crippen molar-refractivity contribution < 1.29 is 4.39 Å². The van der Waals surface area contributed by atoms with E-state index in [1.54, 1.807) is 12.1 Å². The van der Waals surface area contributed by atoms with E-state index in [2.05, 4.69) is 24.2 Å². The van der Waals surface area contributed by atoms with Crippen molar-refractivity contribution in [2.45, 2.75) is 20.3 Å². The van der Waals surface area contributed by atoms with Gasteiger partial charge in [0.15, 0.2) is 0 Å². The molecule has 2 radical (unpaired) electrons. The number of nitrogens with zero attached hydrogens (tertiary/aromatic N) is 1. The molecule has 2 aromatic rings. The third kappa shape index (κ3) is 4.52. The predicted octanol–water partition coefficient (Wildman–Crippen LogP) is 4.30. The molecule has 1 nitrogen and oxygen atoms in total. The minimum Gasteiger partial charge on any atom is -0.256 e. The summed E-state index contributed by atoms with van der Waals surface area (Å²) < 4.78 is 13.5. The zero-order chi connectivity index (χ0) is 17.0. The summed E-state index contributed by atoms with van der Waals surface area (Å²) in [6.45, 7) is 12.1. The van der Waals surface area contributed by atoms with Crippen LogP contribution < -0.4 is 5.46 Å². The fraction of sp³-hybridized carbons (Fsp3) is 0.150. The van der Waals surface area contributed by atoms with Gasteiger partial charge in [-0.15, -0.1) is 0 Å². The molecule has 0 spiro atoms. The van der Waals surface area contributed by atoms with Crippen molar-refractivity contribution in [1.29, 1.82) is 0 Å². The quantitative estimate of drug-likeness (QED) is 0.592. The molecule has 0 aliphatic rings. The van der Waals surface area contributed by atoms with E-state index in [1.807, 2.05) is 32.2 Å². The van der Waals surface area contributed by atoms with Crippen LogP contribution in [-0.4, -0.2) is 12.8 Å². The number of pyridine rings is 1. The predicted molar refractivity (Wildman–Crippen MR) is 97.3 cm³/mol. The zero-order valence-corrected chi connectivity index (χ0v) is 13.6. The van der Waals surface area contributed by atoms with Crippen LogP contribution in [0.4, 0.5) is 4.39 Å². The number of allylic oxidation sites excluding steroid dienone is 3. The van der Waals surface area contributed by atoms with Gasteiger partial charge in [0, 0.05) is 6.20 Å². The van der Waals surface area contributed by atoms with E-state index in [1.165, 1.54) is 6.07 Å². The molecule has 0 atom stereocenters. The Morgan fingerprint density at radius 2 is 2.00 bits per heavy atom. The van der Waals surface area contributed by atoms with Crippen LogP contribution >= 0.6 is 0 Å². The van der Waals surface area contributed by atoms with Gasteiger partial charge in [-0.1, -0.05) is 48.5 Å². The van der Waals surface area contributed by atoms with Crippen LogP contribution in [0.2, 0.25) is 0 Å². The smallest absolute Gasteiger partial charge is 0.117 e. The third-order valence-electron chi connectivity index (χ3n) is 3.58. The Morgan fingerprint density at radius 1 is 1.26 bits per heavy atom. The first-order valence-corrected chi connectivity index (χ1v) is 7.39. The molecule has 0 aliphatic heterocycles. The maximum Gasteiger partial charge on any atom is 0.117 e. The molecule has 0 amide bonds. The van der Waals surface area contributed by atoms with Gasteiger partial charge < -0.3 is 0 Å². The van der Waals surface area contributed by atoms with E-state index >= 15 is 0 Å². The molecule has 2 rings (SSSR count). The van der Waals surface area contributed by atoms with Gasteiger partial charge in [0.2, 0.25) is 0 Å². The Hall–Kier alpha value is -2.42. The Morgan fingerprint density at radius 3 is 2.65 bits per heavy atom. The molecule has 0 saturated carbocycles. The highest BCUT2D eigenvalue weighted by atomic mass is 19.1. The van der Waals surface area contributed by atoms with Gasteiger partial charge in [0.25, 0.3) is 0 Å². The number of hydrogen-bond acceptors (Lipinski definition) is 1. The van der Waals surface area contributed by atoms with Crippen molar-refractivity contribution in [2.24, 2.45) is 0 Å². The topological polar surface area (TPSA) is 12.9 Å². The SMILES string of the molecule is [B]c1ccc(C(=C)CC(=C)/C=C\c2ncc(C)cc2C)cc1F. The Kier molecular flexibility index (Phi) is 5.33. The van der Waals surface area contributed by atoms with Gasteiger partial charge >= 0.3 is 0 Å². The monoisotopic (exact) mass is 303 g/mol. The highest BCUT2D eigenvalue weighted by molar-refractivity contribution is 6.32. The molecule has 1 heterocycles. The first-order valence-electron chi connectivity index (χ1n) is 7.39. The number of hydrogen-bond donors (Lipinski definition) is 0. The van der Waals surface area contributed by atoms with Crippen molar-refractivity contribution in [2.75, 3.05) is 0 Å². The summed E-state index contributed by atoms with van der Waals surface area (Å²) in [6, 6.07) is 6.81. The molecular formula is C20H19BFN. The standard InChI is InChI=1S/C20H19BFN/c1-13(5-8-20-16(4)10-14(2)12-23-20)9-15(3)17-6-7-18(21)19(22)11-17/h5-8,10-12H,1,3,9H2,2,4H3/b8-5-. The summed E-state index contributed by atoms with van der Waals surface area (Å²) in [7, 11) is 5.49. The summed E-state index contributed by atoms with van der Waals surface area (Å²) in [4.78, 5) is 4.39. The van der Waals surface area contributed by atoms with Crippen molar-refractivity contribution in [3.8, 4) is 0 Å². The normalized spacial score (nSPS) is 10.9. The summed E-state index contributed by atoms with van der Waals surface area (Å²) >= 11 is 0. The largest absolute Gasteiger partial charge is 0.256 e. The molecule has 0 bridgehead atoms. The van der Waals surface area contributed by atoms with Gasteiger partial charge in [-0.25, -0.2) is 4.39 Å². The Bertz CT molecular complexity index is 790. The molecule has 0 N–H and O–H groups in total. The lowest BCUT2D eigenvalue weighted by atomic mass is 9.92. The molecular weight excluding hydrogens is 284 g/mol. The first kappa shape index (κ1) is 16.9. The molecule has 0 fully saturated rings. The number of aromatic nitrogens is 1. The maximum absolute atomic E-state index is 13.5. The Balaban J connectivity index is 2.05. The van der Waals surface area contributed by atoms with Gasteiger partial charge in [0.1, 0.15) is 13.7 Å². The van der Waals surface area contributed by atoms with Crippen LogP contribution in [0.3, 0.4) is 0 Å². The van der Waals surface area contributed by atoms with Crippen LogP contribution in [0.25, 0.3) is 11.6 Å². The molecule has 0 unspecified atom stereocenters. The fourth-order valence-corrected chi connectivity index (χ4v) is 2.28. The molecule has 3 heteroatoms. The average molecular weight is 303 g/mol. The minimum atomic E-state index is -0.427. The maximum atomic E-state index is 13.5. The van der Waals surface area contributed by atoms with E-state index in [0.717, 1.165) is 33.5 Å². The average Bonchev–Trinajstić information content (AvgIpc) is 2.49. The summed E-state index contributed by atoms with van der Waals surface area (Å²) in [5.41, 5.74) is 5.73. The van der Waals surface area contributed by atoms with E-state index in [0.29, 0.717) is 6.42 Å². The van der Waals surface area contributed by atoms with E-state index in [4.69, 9.17) is 7.85 Å². The van der Waals surface area contributed by atoms with Gasteiger partial charge in [-0.3, -0.25) is 4.98 Å². The molecule has 0 aliphatic carbocycles. The number of rotatable bonds is 5. The van der Waals surface area contributed by atoms with E-state index in [-0.39, 0.29) is 5.46 Å². The van der Waals surface area contributed by atoms with Crippen LogP contribution in [0.15, 0.2) is 55.3 Å². The highest BCUT2D eigenvalue weighted by Crippen LogP contribution is 2.21. The molecule has 1 aromatic heterocycles. The molecule has 1 aromatic carbocycles. The number of aryl methyl sites for hydroxylation is 2. The van der Waals surface area contributed by atoms with Crippen LogP contribution in [0, 0.1) is 19.7 Å². The van der Waals surface area contributed by atoms with Crippen LogP contribution in [0.1, 0.15) is 28.8 Å². The van der Waals surface area contributed by atoms with E-state index < -0.39 is 5.82 Å². The lowest BCUT2D eigenvalue weighted by molar-refractivity contribution is 0.635. The number of benzene rings is 1. The van der Waals surface area contributed by atoms with Gasteiger partial charge in [-0.05, 0) is 54.7 Å². The Labute approximate surface area is 138 Å². The lowest BCUT2D eigenvalue weighted by Crippen LogP contribution is -2.07. The molecule has 23 heavy (non-hydrogen) atoms. The second kappa shape index (κ2) is 7.23. The summed E-state index contributed by atoms with van der Waals surface area (Å²) in [5.74, 6) is -0.427. The van der Waals surface area contributed by atoms with Crippen LogP contribution in [-0.2, 0) is 0 Å². The fourth-order valence-electron chi connectivity index (χ4n) is 2.28. The second-order valence-corrected chi connectivity index (χ2v) is 5.72. The number of halogens is 1. The molecule has 114 valence electrons. The minimum absolute atomic E-state index is 0.140. The van der Waals surface area contributed by atoms with Crippen molar-refractivity contribution in [1.82, 2.24) is 4.98 Å². The van der Waals surface area contributed by atoms with Gasteiger partial charge in [0.05, 0.1) is 5.69 Å². The van der Waals surface area contributed by atoms with Gasteiger partial charge in [-0.2, -0.15) is 0 Å². The van der Waals surface area contributed by atoms with Crippen LogP contribution in [0.5, 0.6) is 0 Å². The third-order valence-corrected chi connectivity index (χ3v) is 3.58. The van der Waals surface area contributed by atoms with Crippen molar-refractivity contribution in [3.05, 3.63) is 83.5 Å². The summed E-state index contributed by atoms with van der Waals surface area (Å²) in [5, 5.41) is 0. The van der Waals surface area contributed by atoms with E-state index in [9.17, 15) is 4.39 Å². The zero-order valence-electron chi connectivity index (χ0n) is 13.6. The molecule has 0 saturated heterocycles. The highest BCUT2D eigenvalue weighted by Gasteiger charge is 2.04. The summed E-state index contributed by atoms with van der Waals surface area (Å²) in [6.07, 6.45) is 6.26. The first-order chi connectivity index (χ1) is 10.9. The second-order valence-electron chi connectivity index (χ2n) is 5.72. The van der Waals surface area contributed by atoms with Crippen molar-refractivity contribution >= 4 is 25.0 Å². The lowest BCUT2D eigenvalue weighted by Gasteiger charge is -2.08. The van der Waals surface area contributed by atoms with Crippen molar-refractivity contribution in [3.63, 3.8) is 0 Å².